The summed E-state index contributed by atoms with van der Waals surface area (Å²) in [7, 11) is 4.75. The van der Waals surface area contributed by atoms with Gasteiger partial charge in [0.15, 0.2) is 11.5 Å². The van der Waals surface area contributed by atoms with E-state index in [-0.39, 0.29) is 0 Å². The molecule has 0 atom stereocenters. The molecule has 24 heavy (non-hydrogen) atoms. The molecule has 0 spiro atoms. The second kappa shape index (κ2) is 8.06. The average Bonchev–Trinajstić information content (AvgIpc) is 2.60. The van der Waals surface area contributed by atoms with Crippen LogP contribution in [0.4, 0.5) is 0 Å². The van der Waals surface area contributed by atoms with Crippen molar-refractivity contribution in [1.82, 2.24) is 0 Å². The lowest BCUT2D eigenvalue weighted by Gasteiger charge is -2.11. The van der Waals surface area contributed by atoms with Gasteiger partial charge in [0.2, 0.25) is 0 Å². The quantitative estimate of drug-likeness (QED) is 0.459. The first-order valence-electron chi connectivity index (χ1n) is 7.34. The number of carbonyl (C=O) groups excluding carboxylic acids is 1. The molecular weight excluding hydrogens is 308 g/mol. The third-order valence-electron chi connectivity index (χ3n) is 3.33. The number of rotatable bonds is 6. The number of esters is 1. The zero-order valence-electron chi connectivity index (χ0n) is 14.2. The molecule has 2 rings (SSSR count). The fourth-order valence-corrected chi connectivity index (χ4v) is 2.18. The lowest BCUT2D eigenvalue weighted by molar-refractivity contribution is -0.134. The van der Waals surface area contributed by atoms with Crippen molar-refractivity contribution in [1.29, 1.82) is 0 Å². The van der Waals surface area contributed by atoms with Crippen molar-refractivity contribution in [2.45, 2.75) is 6.92 Å². The van der Waals surface area contributed by atoms with E-state index in [1.54, 1.807) is 45.6 Å². The summed E-state index contributed by atoms with van der Waals surface area (Å²) in [5.41, 5.74) is 1.58. The second-order valence-electron chi connectivity index (χ2n) is 4.95. The Morgan fingerprint density at radius 2 is 1.54 bits per heavy atom. The normalized spacial score (nSPS) is 10.9. The summed E-state index contributed by atoms with van der Waals surface area (Å²) >= 11 is 0. The van der Waals surface area contributed by atoms with Gasteiger partial charge in [-0.1, -0.05) is 6.07 Å². The maximum absolute atomic E-state index is 11.4. The fraction of sp³-hybridized carbons (Fsp3) is 0.211. The number of hydrogen-bond donors (Lipinski definition) is 0. The van der Waals surface area contributed by atoms with Crippen molar-refractivity contribution in [3.63, 3.8) is 0 Å². The van der Waals surface area contributed by atoms with Crippen LogP contribution in [-0.2, 0) is 9.53 Å². The molecule has 0 heterocycles. The molecule has 0 radical (unpaired) electrons. The highest BCUT2D eigenvalue weighted by atomic mass is 16.5. The Labute approximate surface area is 141 Å². The molecule has 0 bridgehead atoms. The summed E-state index contributed by atoms with van der Waals surface area (Å²) in [6.45, 7) is 1.37. The summed E-state index contributed by atoms with van der Waals surface area (Å²) in [4.78, 5) is 11.4. The van der Waals surface area contributed by atoms with Gasteiger partial charge in [0.1, 0.15) is 11.5 Å². The van der Waals surface area contributed by atoms with Crippen LogP contribution < -0.4 is 14.2 Å². The molecule has 0 amide bonds. The Morgan fingerprint density at radius 1 is 0.875 bits per heavy atom. The van der Waals surface area contributed by atoms with Crippen LogP contribution >= 0.6 is 0 Å². The minimum atomic E-state index is -0.391. The molecule has 2 aromatic rings. The maximum Gasteiger partial charge on any atom is 0.308 e. The van der Waals surface area contributed by atoms with Gasteiger partial charge in [-0.2, -0.15) is 0 Å². The van der Waals surface area contributed by atoms with Crippen LogP contribution in [0.15, 0.2) is 42.5 Å². The van der Waals surface area contributed by atoms with Gasteiger partial charge in [0.25, 0.3) is 0 Å². The van der Waals surface area contributed by atoms with Gasteiger partial charge < -0.3 is 18.9 Å². The van der Waals surface area contributed by atoms with Gasteiger partial charge >= 0.3 is 5.97 Å². The van der Waals surface area contributed by atoms with Gasteiger partial charge in [0, 0.05) is 12.5 Å². The third-order valence-corrected chi connectivity index (χ3v) is 3.33. The second-order valence-corrected chi connectivity index (χ2v) is 4.95. The van der Waals surface area contributed by atoms with Crippen molar-refractivity contribution in [2.75, 3.05) is 21.3 Å². The molecule has 0 aromatic heterocycles. The van der Waals surface area contributed by atoms with Gasteiger partial charge in [-0.3, -0.25) is 4.79 Å². The van der Waals surface area contributed by atoms with Crippen LogP contribution in [0.2, 0.25) is 0 Å². The molecule has 0 fully saturated rings. The van der Waals surface area contributed by atoms with Crippen LogP contribution in [-0.4, -0.2) is 27.3 Å². The molecule has 0 saturated heterocycles. The maximum atomic E-state index is 11.4. The van der Waals surface area contributed by atoms with Gasteiger partial charge in [-0.15, -0.1) is 0 Å². The highest BCUT2D eigenvalue weighted by molar-refractivity contribution is 5.84. The number of hydrogen-bond acceptors (Lipinski definition) is 5. The molecule has 2 aromatic carbocycles. The van der Waals surface area contributed by atoms with Crippen molar-refractivity contribution in [2.24, 2.45) is 0 Å². The lowest BCUT2D eigenvalue weighted by atomic mass is 10.1. The van der Waals surface area contributed by atoms with E-state index in [0.717, 1.165) is 16.9 Å². The lowest BCUT2D eigenvalue weighted by Crippen LogP contribution is -1.99. The minimum Gasteiger partial charge on any atom is -0.497 e. The van der Waals surface area contributed by atoms with E-state index in [9.17, 15) is 4.79 Å². The molecular formula is C19H20O5. The van der Waals surface area contributed by atoms with Crippen molar-refractivity contribution >= 4 is 17.8 Å². The molecule has 0 aliphatic rings. The number of ether oxygens (including phenoxy) is 4. The van der Waals surface area contributed by atoms with E-state index in [1.165, 1.54) is 6.92 Å². The summed E-state index contributed by atoms with van der Waals surface area (Å²) in [5.74, 6) is 2.01. The highest BCUT2D eigenvalue weighted by Gasteiger charge is 2.09. The first kappa shape index (κ1) is 17.4. The van der Waals surface area contributed by atoms with Crippen molar-refractivity contribution < 1.29 is 23.7 Å². The number of methoxy groups -OCH3 is 3. The van der Waals surface area contributed by atoms with Gasteiger partial charge in [0.05, 0.1) is 21.3 Å². The molecule has 0 aliphatic carbocycles. The monoisotopic (exact) mass is 328 g/mol. The van der Waals surface area contributed by atoms with Crippen LogP contribution in [0.25, 0.3) is 11.8 Å². The molecule has 0 N–H and O–H groups in total. The smallest absolute Gasteiger partial charge is 0.308 e. The summed E-state index contributed by atoms with van der Waals surface area (Å²) < 4.78 is 21.0. The Bertz CT molecular complexity index is 732. The highest BCUT2D eigenvalue weighted by Crippen LogP contribution is 2.30. The largest absolute Gasteiger partial charge is 0.497 e. The summed E-state index contributed by atoms with van der Waals surface area (Å²) in [6, 6.07) is 12.7. The zero-order valence-corrected chi connectivity index (χ0v) is 14.2. The zero-order chi connectivity index (χ0) is 17.5. The predicted octanol–water partition coefficient (Wildman–Crippen LogP) is 3.77. The third kappa shape index (κ3) is 4.29. The van der Waals surface area contributed by atoms with E-state index >= 15 is 0 Å². The molecule has 5 heteroatoms. The van der Waals surface area contributed by atoms with E-state index in [1.807, 2.05) is 24.3 Å². The molecule has 0 saturated carbocycles. The van der Waals surface area contributed by atoms with E-state index in [4.69, 9.17) is 18.9 Å². The van der Waals surface area contributed by atoms with Gasteiger partial charge in [-0.25, -0.2) is 0 Å². The average molecular weight is 328 g/mol. The van der Waals surface area contributed by atoms with E-state index < -0.39 is 5.97 Å². The molecule has 5 nitrogen and oxygen atoms in total. The minimum absolute atomic E-state index is 0.391. The molecule has 0 aliphatic heterocycles. The van der Waals surface area contributed by atoms with Crippen molar-refractivity contribution in [3.05, 3.63) is 53.6 Å². The van der Waals surface area contributed by atoms with E-state index in [2.05, 4.69) is 0 Å². The first-order chi connectivity index (χ1) is 11.6. The molecule has 0 unspecified atom stereocenters. The Hall–Kier alpha value is -2.95. The summed E-state index contributed by atoms with van der Waals surface area (Å²) in [6.07, 6.45) is 1.77. The van der Waals surface area contributed by atoms with Gasteiger partial charge in [-0.05, 0) is 48.0 Å². The van der Waals surface area contributed by atoms with Crippen LogP contribution in [0.1, 0.15) is 18.1 Å². The van der Waals surface area contributed by atoms with Crippen LogP contribution in [0, 0.1) is 0 Å². The predicted molar refractivity (Wildman–Crippen MR) is 92.2 cm³/mol. The Kier molecular flexibility index (Phi) is 5.84. The van der Waals surface area contributed by atoms with E-state index in [0.29, 0.717) is 17.3 Å². The first-order valence-corrected chi connectivity index (χ1v) is 7.34. The number of benzene rings is 2. The topological polar surface area (TPSA) is 54.0 Å². The fourth-order valence-electron chi connectivity index (χ4n) is 2.18. The van der Waals surface area contributed by atoms with Crippen LogP contribution in [0.3, 0.4) is 0 Å². The summed E-state index contributed by atoms with van der Waals surface area (Å²) in [5, 5.41) is 0. The Balaban J connectivity index is 2.42. The SMILES string of the molecule is COc1ccc(/C(=C/c2ccc(OC)c(OC)c2)OC(C)=O)cc1. The number of carbonyl (C=O) groups is 1. The van der Waals surface area contributed by atoms with Crippen molar-refractivity contribution in [3.8, 4) is 17.2 Å². The molecule has 126 valence electrons. The van der Waals surface area contributed by atoms with Crippen LogP contribution in [0.5, 0.6) is 17.2 Å². The standard InChI is InChI=1S/C19H20O5/c1-13(20)24-18(15-6-8-16(21-2)9-7-15)11-14-5-10-17(22-3)19(12-14)23-4/h5-12H,1-4H3/b18-11-. The Morgan fingerprint density at radius 3 is 2.08 bits per heavy atom.